The van der Waals surface area contributed by atoms with Gasteiger partial charge in [0.2, 0.25) is 11.8 Å². The van der Waals surface area contributed by atoms with E-state index in [1.165, 1.54) is 22.7 Å². The lowest BCUT2D eigenvalue weighted by atomic mass is 10.1. The van der Waals surface area contributed by atoms with Gasteiger partial charge in [-0.05, 0) is 37.6 Å². The van der Waals surface area contributed by atoms with Crippen LogP contribution in [0.1, 0.15) is 32.3 Å². The first kappa shape index (κ1) is 29.5. The molecule has 11 heteroatoms. The number of likely N-dealkylation sites (N-methyl/N-ethyl adjacent to an activating group) is 1. The number of amides is 2. The van der Waals surface area contributed by atoms with Crippen molar-refractivity contribution in [1.29, 1.82) is 0 Å². The molecule has 208 valence electrons. The first-order chi connectivity index (χ1) is 17.5. The number of fused-ring (bicyclic) bond motifs is 1. The van der Waals surface area contributed by atoms with Crippen LogP contribution in [0.15, 0.2) is 24.3 Å². The normalized spacial score (nSPS) is 21.4. The molecule has 0 radical (unpaired) electrons. The van der Waals surface area contributed by atoms with Crippen LogP contribution in [-0.4, -0.2) is 112 Å². The number of ether oxygens (including phenoxy) is 1. The summed E-state index contributed by atoms with van der Waals surface area (Å²) in [5.74, 6) is -0.416. The van der Waals surface area contributed by atoms with Gasteiger partial charge in [-0.1, -0.05) is 32.0 Å². The molecule has 1 saturated heterocycles. The van der Waals surface area contributed by atoms with Crippen molar-refractivity contribution in [2.24, 2.45) is 11.8 Å². The highest BCUT2D eigenvalue weighted by Crippen LogP contribution is 2.26. The van der Waals surface area contributed by atoms with Crippen LogP contribution >= 0.6 is 0 Å². The van der Waals surface area contributed by atoms with Gasteiger partial charge in [-0.2, -0.15) is 17.0 Å². The van der Waals surface area contributed by atoms with Gasteiger partial charge in [-0.25, -0.2) is 0 Å². The SMILES string of the molecule is CC(C)CC(=O)N1CCCN(C)CCN(C(=O)C2COCCN(S(=O)(=O)N(C)C)C2)Cc2ccccc21. The number of benzene rings is 1. The number of para-hydroxylation sites is 1. The summed E-state index contributed by atoms with van der Waals surface area (Å²) in [6.07, 6.45) is 1.29. The van der Waals surface area contributed by atoms with Crippen LogP contribution in [0, 0.1) is 11.8 Å². The van der Waals surface area contributed by atoms with Crippen LogP contribution in [0.3, 0.4) is 0 Å². The van der Waals surface area contributed by atoms with E-state index in [0.29, 0.717) is 32.6 Å². The number of carbonyl (C=O) groups excluding carboxylic acids is 2. The second kappa shape index (κ2) is 13.1. The van der Waals surface area contributed by atoms with E-state index in [1.807, 2.05) is 50.1 Å². The second-order valence-corrected chi connectivity index (χ2v) is 12.8. The summed E-state index contributed by atoms with van der Waals surface area (Å²) in [6.45, 7) is 7.73. The van der Waals surface area contributed by atoms with Gasteiger partial charge in [-0.3, -0.25) is 9.59 Å². The number of hydrogen-bond acceptors (Lipinski definition) is 6. The maximum atomic E-state index is 13.9. The van der Waals surface area contributed by atoms with Gasteiger partial charge in [0, 0.05) is 65.5 Å². The molecular formula is C26H43N5O5S. The lowest BCUT2D eigenvalue weighted by molar-refractivity contribution is -0.138. The molecule has 0 spiro atoms. The van der Waals surface area contributed by atoms with Crippen molar-refractivity contribution in [2.45, 2.75) is 33.2 Å². The Hall–Kier alpha value is -2.05. The maximum absolute atomic E-state index is 13.9. The molecule has 2 aliphatic heterocycles. The Balaban J connectivity index is 1.91. The van der Waals surface area contributed by atoms with Crippen LogP contribution in [0.5, 0.6) is 0 Å². The van der Waals surface area contributed by atoms with E-state index in [4.69, 9.17) is 4.74 Å². The Morgan fingerprint density at radius 2 is 1.81 bits per heavy atom. The topological polar surface area (TPSA) is 93.7 Å². The first-order valence-corrected chi connectivity index (χ1v) is 14.5. The Kier molecular flexibility index (Phi) is 10.5. The van der Waals surface area contributed by atoms with E-state index in [-0.39, 0.29) is 44.0 Å². The van der Waals surface area contributed by atoms with Crippen molar-refractivity contribution in [3.05, 3.63) is 29.8 Å². The molecule has 2 aliphatic rings. The van der Waals surface area contributed by atoms with Crippen molar-refractivity contribution < 1.29 is 22.7 Å². The molecule has 37 heavy (non-hydrogen) atoms. The van der Waals surface area contributed by atoms with Crippen LogP contribution in [0.2, 0.25) is 0 Å². The van der Waals surface area contributed by atoms with Crippen molar-refractivity contribution in [1.82, 2.24) is 18.4 Å². The van der Waals surface area contributed by atoms with E-state index in [0.717, 1.165) is 24.2 Å². The summed E-state index contributed by atoms with van der Waals surface area (Å²) in [6, 6.07) is 7.78. The number of carbonyl (C=O) groups is 2. The summed E-state index contributed by atoms with van der Waals surface area (Å²) in [5.41, 5.74) is 1.74. The third kappa shape index (κ3) is 7.73. The van der Waals surface area contributed by atoms with Gasteiger partial charge in [0.15, 0.2) is 0 Å². The second-order valence-electron chi connectivity index (χ2n) is 10.6. The minimum atomic E-state index is -3.67. The molecule has 0 bridgehead atoms. The Morgan fingerprint density at radius 1 is 1.08 bits per heavy atom. The summed E-state index contributed by atoms with van der Waals surface area (Å²) in [4.78, 5) is 33.0. The standard InChI is InChI=1S/C26H43N5O5S/c1-21(2)17-25(32)31-12-8-11-28(5)13-14-29(18-22-9-6-7-10-24(22)31)26(33)23-19-30(15-16-36-20-23)37(34,35)27(3)4/h6-7,9-10,21,23H,8,11-20H2,1-5H3. The third-order valence-electron chi connectivity index (χ3n) is 6.88. The molecule has 0 aliphatic carbocycles. The quantitative estimate of drug-likeness (QED) is 0.565. The van der Waals surface area contributed by atoms with E-state index in [1.54, 1.807) is 4.90 Å². The monoisotopic (exact) mass is 537 g/mol. The van der Waals surface area contributed by atoms with Crippen LogP contribution in [0.25, 0.3) is 0 Å². The smallest absolute Gasteiger partial charge is 0.281 e. The van der Waals surface area contributed by atoms with E-state index in [2.05, 4.69) is 4.90 Å². The zero-order valence-electron chi connectivity index (χ0n) is 22.9. The Morgan fingerprint density at radius 3 is 2.51 bits per heavy atom. The zero-order valence-corrected chi connectivity index (χ0v) is 23.7. The molecular weight excluding hydrogens is 494 g/mol. The summed E-state index contributed by atoms with van der Waals surface area (Å²) in [5, 5.41) is 0. The fraction of sp³-hybridized carbons (Fsp3) is 0.692. The molecule has 1 unspecified atom stereocenters. The molecule has 0 aromatic heterocycles. The molecule has 1 aromatic rings. The van der Waals surface area contributed by atoms with E-state index < -0.39 is 16.1 Å². The van der Waals surface area contributed by atoms with Gasteiger partial charge in [0.05, 0.1) is 19.1 Å². The lowest BCUT2D eigenvalue weighted by Gasteiger charge is -2.31. The van der Waals surface area contributed by atoms with E-state index >= 15 is 0 Å². The van der Waals surface area contributed by atoms with Gasteiger partial charge in [0.1, 0.15) is 0 Å². The van der Waals surface area contributed by atoms with Crippen molar-refractivity contribution in [3.63, 3.8) is 0 Å². The molecule has 0 N–H and O–H groups in total. The highest BCUT2D eigenvalue weighted by molar-refractivity contribution is 7.86. The molecule has 3 rings (SSSR count). The molecule has 0 saturated carbocycles. The van der Waals surface area contributed by atoms with Gasteiger partial charge < -0.3 is 19.4 Å². The minimum absolute atomic E-state index is 0.0757. The average molecular weight is 538 g/mol. The van der Waals surface area contributed by atoms with Crippen molar-refractivity contribution in [3.8, 4) is 0 Å². The largest absolute Gasteiger partial charge is 0.379 e. The average Bonchev–Trinajstić information content (AvgIpc) is 3.11. The van der Waals surface area contributed by atoms with Crippen molar-refractivity contribution >= 4 is 27.7 Å². The number of nitrogens with zero attached hydrogens (tertiary/aromatic N) is 5. The number of rotatable bonds is 5. The van der Waals surface area contributed by atoms with Crippen LogP contribution in [0.4, 0.5) is 5.69 Å². The molecule has 1 atom stereocenters. The van der Waals surface area contributed by atoms with Crippen molar-refractivity contribution in [2.75, 3.05) is 78.5 Å². The van der Waals surface area contributed by atoms with Crippen LogP contribution < -0.4 is 4.90 Å². The summed E-state index contributed by atoms with van der Waals surface area (Å²) < 4.78 is 33.8. The molecule has 1 aromatic carbocycles. The third-order valence-corrected chi connectivity index (χ3v) is 8.78. The molecule has 1 fully saturated rings. The summed E-state index contributed by atoms with van der Waals surface area (Å²) >= 11 is 0. The predicted octanol–water partition coefficient (Wildman–Crippen LogP) is 1.48. The van der Waals surface area contributed by atoms with Gasteiger partial charge in [0.25, 0.3) is 10.2 Å². The maximum Gasteiger partial charge on any atom is 0.281 e. The highest BCUT2D eigenvalue weighted by Gasteiger charge is 2.35. The fourth-order valence-electron chi connectivity index (χ4n) is 4.75. The lowest BCUT2D eigenvalue weighted by Crippen LogP contribution is -2.47. The molecule has 2 heterocycles. The number of hydrogen-bond donors (Lipinski definition) is 0. The molecule has 10 nitrogen and oxygen atoms in total. The Bertz CT molecular complexity index is 1030. The minimum Gasteiger partial charge on any atom is -0.379 e. The fourth-order valence-corrected chi connectivity index (χ4v) is 5.89. The predicted molar refractivity (Wildman–Crippen MR) is 144 cm³/mol. The van der Waals surface area contributed by atoms with Gasteiger partial charge in [-0.15, -0.1) is 0 Å². The summed E-state index contributed by atoms with van der Waals surface area (Å²) in [7, 11) is 1.33. The Labute approximate surface area is 222 Å². The zero-order chi connectivity index (χ0) is 27.2. The van der Waals surface area contributed by atoms with Crippen LogP contribution in [-0.2, 0) is 31.1 Å². The highest BCUT2D eigenvalue weighted by atomic mass is 32.2. The number of anilines is 1. The van der Waals surface area contributed by atoms with E-state index in [9.17, 15) is 18.0 Å². The van der Waals surface area contributed by atoms with Gasteiger partial charge >= 0.3 is 0 Å². The molecule has 2 amide bonds. The first-order valence-electron chi connectivity index (χ1n) is 13.1.